The minimum Gasteiger partial charge on any atom is -0.454 e. The van der Waals surface area contributed by atoms with Crippen LogP contribution in [0.15, 0.2) is 22.6 Å². The Labute approximate surface area is 140 Å². The highest BCUT2D eigenvalue weighted by molar-refractivity contribution is 7.71. The molecule has 0 atom stereocenters. The predicted octanol–water partition coefficient (Wildman–Crippen LogP) is 2.26. The largest absolute Gasteiger partial charge is 0.454 e. The lowest BCUT2D eigenvalue weighted by Crippen LogP contribution is -3.11. The maximum Gasteiger partial charge on any atom is 0.292 e. The van der Waals surface area contributed by atoms with E-state index in [1.165, 1.54) is 4.90 Å². The molecule has 23 heavy (non-hydrogen) atoms. The molecular formula is C16H22N3O3S+. The van der Waals surface area contributed by atoms with Crippen LogP contribution < -0.4 is 14.4 Å². The third kappa shape index (κ3) is 3.56. The zero-order chi connectivity index (χ0) is 16.2. The summed E-state index contributed by atoms with van der Waals surface area (Å²) in [7, 11) is 0. The Hall–Kier alpha value is -1.86. The highest BCUT2D eigenvalue weighted by Gasteiger charge is 2.17. The Morgan fingerprint density at radius 2 is 1.91 bits per heavy atom. The number of nitrogens with one attached hydrogen (secondary N) is 1. The molecule has 1 aromatic carbocycles. The van der Waals surface area contributed by atoms with Crippen LogP contribution in [0.4, 0.5) is 0 Å². The number of rotatable bonds is 7. The summed E-state index contributed by atoms with van der Waals surface area (Å²) in [6, 6.07) is 5.64. The number of hydrogen-bond acceptors (Lipinski definition) is 5. The fraction of sp³-hybridized carbons (Fsp3) is 0.500. The molecule has 3 rings (SSSR count). The van der Waals surface area contributed by atoms with Crippen LogP contribution in [0, 0.1) is 4.84 Å². The van der Waals surface area contributed by atoms with Crippen molar-refractivity contribution in [2.24, 2.45) is 0 Å². The Morgan fingerprint density at radius 3 is 2.65 bits per heavy atom. The molecule has 0 radical (unpaired) electrons. The van der Waals surface area contributed by atoms with Gasteiger partial charge in [-0.25, -0.2) is 0 Å². The number of quaternary nitrogens is 1. The lowest BCUT2D eigenvalue weighted by molar-refractivity contribution is -0.923. The van der Waals surface area contributed by atoms with Gasteiger partial charge in [-0.3, -0.25) is 0 Å². The van der Waals surface area contributed by atoms with Crippen molar-refractivity contribution < 1.29 is 18.8 Å². The van der Waals surface area contributed by atoms with Crippen LogP contribution in [0.3, 0.4) is 0 Å². The van der Waals surface area contributed by atoms with E-state index in [4.69, 9.17) is 26.1 Å². The molecule has 0 aliphatic carbocycles. The van der Waals surface area contributed by atoms with E-state index in [9.17, 15) is 0 Å². The fourth-order valence-electron chi connectivity index (χ4n) is 2.75. The molecule has 7 heteroatoms. The molecule has 1 N–H and O–H groups in total. The molecule has 1 aromatic heterocycles. The van der Waals surface area contributed by atoms with Crippen molar-refractivity contribution >= 4 is 12.2 Å². The molecule has 0 unspecified atom stereocenters. The quantitative estimate of drug-likeness (QED) is 0.786. The molecular weight excluding hydrogens is 314 g/mol. The molecule has 2 heterocycles. The number of hydrogen-bond donors (Lipinski definition) is 1. The fourth-order valence-corrected chi connectivity index (χ4v) is 2.94. The summed E-state index contributed by atoms with van der Waals surface area (Å²) in [5.41, 5.74) is 0.839. The topological polar surface area (TPSA) is 53.9 Å². The molecule has 0 bridgehead atoms. The van der Waals surface area contributed by atoms with Gasteiger partial charge in [-0.1, -0.05) is 13.8 Å². The van der Waals surface area contributed by atoms with E-state index >= 15 is 0 Å². The Morgan fingerprint density at radius 1 is 1.17 bits per heavy atom. The van der Waals surface area contributed by atoms with Gasteiger partial charge in [0.05, 0.1) is 13.1 Å². The first-order valence-electron chi connectivity index (χ1n) is 8.02. The molecule has 0 saturated heterocycles. The Bertz CT molecular complexity index is 720. The number of nitrogens with zero attached hydrogens (tertiary/aromatic N) is 2. The van der Waals surface area contributed by atoms with E-state index in [1.807, 2.05) is 18.2 Å². The molecule has 6 nitrogen and oxygen atoms in total. The van der Waals surface area contributed by atoms with Gasteiger partial charge in [-0.05, 0) is 43.3 Å². The van der Waals surface area contributed by atoms with E-state index < -0.39 is 0 Å². The summed E-state index contributed by atoms with van der Waals surface area (Å²) < 4.78 is 18.2. The van der Waals surface area contributed by atoms with Crippen molar-refractivity contribution in [3.05, 3.63) is 23.0 Å². The van der Waals surface area contributed by atoms with Gasteiger partial charge in [-0.15, -0.1) is 5.10 Å². The standard InChI is InChI=1S/C16H21N3O3S/c1-3-7-18(8-4-2)10-19-16(23)22-15(17-19)12-5-6-13-14(9-12)21-11-20-13/h5-6,9H,3-4,7-8,10-11H2,1-2H3/p+1. The monoisotopic (exact) mass is 336 g/mol. The lowest BCUT2D eigenvalue weighted by atomic mass is 10.2. The van der Waals surface area contributed by atoms with Gasteiger partial charge in [0.15, 0.2) is 18.2 Å². The first kappa shape index (κ1) is 16.0. The van der Waals surface area contributed by atoms with Gasteiger partial charge < -0.3 is 18.8 Å². The Kier molecular flexibility index (Phi) is 4.97. The van der Waals surface area contributed by atoms with Crippen LogP contribution in [0.5, 0.6) is 11.5 Å². The number of fused-ring (bicyclic) bond motifs is 1. The lowest BCUT2D eigenvalue weighted by Gasteiger charge is -2.17. The normalized spacial score (nSPS) is 13.0. The molecule has 124 valence electrons. The third-order valence-corrected chi connectivity index (χ3v) is 4.10. The summed E-state index contributed by atoms with van der Waals surface area (Å²) in [6.45, 7) is 7.56. The van der Waals surface area contributed by atoms with Crippen LogP contribution in [0.1, 0.15) is 26.7 Å². The summed E-state index contributed by atoms with van der Waals surface area (Å²) in [5, 5.41) is 4.54. The molecule has 1 aliphatic heterocycles. The van der Waals surface area contributed by atoms with Crippen molar-refractivity contribution in [1.29, 1.82) is 0 Å². The van der Waals surface area contributed by atoms with Crippen molar-refractivity contribution in [3.63, 3.8) is 0 Å². The van der Waals surface area contributed by atoms with Crippen LogP contribution in [-0.2, 0) is 6.67 Å². The van der Waals surface area contributed by atoms with Crippen molar-refractivity contribution in [2.45, 2.75) is 33.4 Å². The van der Waals surface area contributed by atoms with E-state index in [1.54, 1.807) is 4.68 Å². The van der Waals surface area contributed by atoms with E-state index in [0.717, 1.165) is 43.9 Å². The van der Waals surface area contributed by atoms with Crippen molar-refractivity contribution in [2.75, 3.05) is 19.9 Å². The first-order valence-corrected chi connectivity index (χ1v) is 8.43. The summed E-state index contributed by atoms with van der Waals surface area (Å²) in [5.74, 6) is 1.97. The molecule has 2 aromatic rings. The maximum absolute atomic E-state index is 5.67. The third-order valence-electron chi connectivity index (χ3n) is 3.81. The second kappa shape index (κ2) is 7.14. The maximum atomic E-state index is 5.67. The van der Waals surface area contributed by atoms with Crippen LogP contribution in [0.25, 0.3) is 11.5 Å². The van der Waals surface area contributed by atoms with Crippen molar-refractivity contribution in [3.8, 4) is 23.0 Å². The van der Waals surface area contributed by atoms with Crippen LogP contribution in [0.2, 0.25) is 0 Å². The van der Waals surface area contributed by atoms with E-state index in [2.05, 4.69) is 18.9 Å². The zero-order valence-electron chi connectivity index (χ0n) is 13.5. The summed E-state index contributed by atoms with van der Waals surface area (Å²) in [6.07, 6.45) is 2.27. The molecule has 0 spiro atoms. The summed E-state index contributed by atoms with van der Waals surface area (Å²) in [4.78, 5) is 1.86. The highest BCUT2D eigenvalue weighted by atomic mass is 32.1. The molecule has 0 saturated carbocycles. The molecule has 0 amide bonds. The molecule has 0 fully saturated rings. The molecule has 1 aliphatic rings. The SMILES string of the molecule is CCC[NH+](CCC)Cn1nc(-c2ccc3c(c2)OCO3)oc1=S. The van der Waals surface area contributed by atoms with E-state index in [-0.39, 0.29) is 6.79 Å². The van der Waals surface area contributed by atoms with Gasteiger partial charge in [-0.2, -0.15) is 4.68 Å². The smallest absolute Gasteiger partial charge is 0.292 e. The van der Waals surface area contributed by atoms with Crippen molar-refractivity contribution in [1.82, 2.24) is 9.78 Å². The first-order chi connectivity index (χ1) is 11.2. The second-order valence-electron chi connectivity index (χ2n) is 5.65. The minimum atomic E-state index is 0.253. The van der Waals surface area contributed by atoms with Gasteiger partial charge in [0.2, 0.25) is 12.7 Å². The van der Waals surface area contributed by atoms with Crippen LogP contribution >= 0.6 is 12.2 Å². The second-order valence-corrected chi connectivity index (χ2v) is 6.00. The zero-order valence-corrected chi connectivity index (χ0v) is 14.3. The van der Waals surface area contributed by atoms with E-state index in [0.29, 0.717) is 16.5 Å². The highest BCUT2D eigenvalue weighted by Crippen LogP contribution is 2.35. The van der Waals surface area contributed by atoms with Crippen LogP contribution in [-0.4, -0.2) is 29.7 Å². The number of aromatic nitrogens is 2. The number of ether oxygens (including phenoxy) is 2. The van der Waals surface area contributed by atoms with Gasteiger partial charge in [0, 0.05) is 5.56 Å². The average Bonchev–Trinajstić information content (AvgIpc) is 3.14. The summed E-state index contributed by atoms with van der Waals surface area (Å²) >= 11 is 5.32. The van der Waals surface area contributed by atoms with Gasteiger partial charge >= 0.3 is 0 Å². The average molecular weight is 336 g/mol. The Balaban J connectivity index is 1.81. The number of benzene rings is 1. The minimum absolute atomic E-state index is 0.253. The predicted molar refractivity (Wildman–Crippen MR) is 88.2 cm³/mol. The van der Waals surface area contributed by atoms with Gasteiger partial charge in [0.25, 0.3) is 4.84 Å². The van der Waals surface area contributed by atoms with Gasteiger partial charge in [0.1, 0.15) is 0 Å².